The zero-order valence-corrected chi connectivity index (χ0v) is 29.3. The monoisotopic (exact) mass is 690 g/mol. The van der Waals surface area contributed by atoms with Crippen LogP contribution in [0.15, 0.2) is 102 Å². The molecule has 12 nitrogen and oxygen atoms in total. The number of amides is 1. The fourth-order valence-corrected chi connectivity index (χ4v) is 6.61. The predicted molar refractivity (Wildman–Crippen MR) is 200 cm³/mol. The lowest BCUT2D eigenvalue weighted by atomic mass is 9.95. The molecule has 1 fully saturated rings. The number of aromatic nitrogens is 8. The van der Waals surface area contributed by atoms with Crippen molar-refractivity contribution in [1.82, 2.24) is 44.6 Å². The van der Waals surface area contributed by atoms with E-state index in [2.05, 4.69) is 77.7 Å². The fraction of sp³-hybridized carbons (Fsp3) is 0.250. The van der Waals surface area contributed by atoms with E-state index in [1.165, 1.54) is 11.8 Å². The first kappa shape index (κ1) is 33.0. The van der Waals surface area contributed by atoms with Crippen LogP contribution in [0.1, 0.15) is 56.7 Å². The number of carbonyl (C=O) groups is 1. The molecular weight excluding hydrogens is 653 g/mol. The smallest absolute Gasteiger partial charge is 0.434 e. The Balaban J connectivity index is 1.01. The van der Waals surface area contributed by atoms with Crippen LogP contribution in [0.5, 0.6) is 0 Å². The number of rotatable bonds is 7. The van der Waals surface area contributed by atoms with Crippen LogP contribution in [-0.4, -0.2) is 75.6 Å². The van der Waals surface area contributed by atoms with Gasteiger partial charge in [-0.3, -0.25) is 19.4 Å². The standard InChI is InChI=1S/C40H38N10O2/c1-40(2,3)52-39(51)42-24-34-45-48-38-31-23-30(27-9-5-4-6-10-27)35(43-32(31)18-22-50(34)38)28-14-12-26(13-15-28)25-49-20-16-29(17-21-49)36-44-37(47-46-36)33-11-7-8-19-41-33/h4-15,18-19,22-24,29H,16-17,20-21,25H2,1-3H3,(H,44,46,47)/b42-24+. The number of aliphatic imine (C=N–C) groups is 1. The number of aromatic amines is 1. The molecule has 0 aliphatic carbocycles. The van der Waals surface area contributed by atoms with Crippen LogP contribution in [0.2, 0.25) is 0 Å². The second-order valence-electron chi connectivity index (χ2n) is 14.0. The summed E-state index contributed by atoms with van der Waals surface area (Å²) >= 11 is 0. The second kappa shape index (κ2) is 13.9. The average molecular weight is 691 g/mol. The lowest BCUT2D eigenvalue weighted by Crippen LogP contribution is -2.32. The number of hydrogen-bond acceptors (Lipinski definition) is 9. The van der Waals surface area contributed by atoms with Crippen LogP contribution in [0.3, 0.4) is 0 Å². The summed E-state index contributed by atoms with van der Waals surface area (Å²) in [6.45, 7) is 8.24. The Hall–Kier alpha value is -6.14. The van der Waals surface area contributed by atoms with Gasteiger partial charge in [-0.25, -0.2) is 14.8 Å². The molecule has 7 aromatic rings. The highest BCUT2D eigenvalue weighted by molar-refractivity contribution is 5.99. The van der Waals surface area contributed by atoms with Crippen LogP contribution in [0.4, 0.5) is 4.79 Å². The van der Waals surface area contributed by atoms with Gasteiger partial charge in [0.15, 0.2) is 17.3 Å². The van der Waals surface area contributed by atoms with Crippen molar-refractivity contribution in [2.24, 2.45) is 4.99 Å². The molecule has 260 valence electrons. The van der Waals surface area contributed by atoms with Crippen molar-refractivity contribution in [3.63, 3.8) is 0 Å². The predicted octanol–water partition coefficient (Wildman–Crippen LogP) is 7.53. The zero-order valence-electron chi connectivity index (χ0n) is 29.3. The maximum absolute atomic E-state index is 12.2. The Bertz CT molecular complexity index is 2370. The van der Waals surface area contributed by atoms with Crippen LogP contribution in [0, 0.1) is 0 Å². The van der Waals surface area contributed by atoms with Crippen molar-refractivity contribution in [1.29, 1.82) is 0 Å². The van der Waals surface area contributed by atoms with Crippen LogP contribution >= 0.6 is 0 Å². The highest BCUT2D eigenvalue weighted by atomic mass is 16.6. The first-order valence-electron chi connectivity index (χ1n) is 17.4. The van der Waals surface area contributed by atoms with Crippen molar-refractivity contribution in [2.75, 3.05) is 13.1 Å². The van der Waals surface area contributed by atoms with Crippen LogP contribution < -0.4 is 0 Å². The maximum Gasteiger partial charge on any atom is 0.434 e. The number of H-pyrrole nitrogens is 1. The number of fused-ring (bicyclic) bond motifs is 3. The number of piperidine rings is 1. The largest absolute Gasteiger partial charge is 0.442 e. The molecule has 0 atom stereocenters. The Labute approximate surface area is 300 Å². The molecule has 1 saturated heterocycles. The molecule has 8 rings (SSSR count). The van der Waals surface area contributed by atoms with Gasteiger partial charge in [-0.1, -0.05) is 60.7 Å². The van der Waals surface area contributed by atoms with Gasteiger partial charge in [-0.2, -0.15) is 10.1 Å². The highest BCUT2D eigenvalue weighted by Gasteiger charge is 2.24. The van der Waals surface area contributed by atoms with E-state index in [0.29, 0.717) is 23.2 Å². The van der Waals surface area contributed by atoms with Crippen molar-refractivity contribution in [3.8, 4) is 33.9 Å². The molecule has 5 aromatic heterocycles. The van der Waals surface area contributed by atoms with Crippen molar-refractivity contribution < 1.29 is 9.53 Å². The number of nitrogens with one attached hydrogen (secondary N) is 1. The van der Waals surface area contributed by atoms with Crippen molar-refractivity contribution in [2.45, 2.75) is 51.7 Å². The summed E-state index contributed by atoms with van der Waals surface area (Å²) in [6, 6.07) is 28.8. The molecule has 12 heteroatoms. The summed E-state index contributed by atoms with van der Waals surface area (Å²) in [5, 5.41) is 17.2. The zero-order chi connectivity index (χ0) is 35.7. The minimum absolute atomic E-state index is 0.356. The number of carbonyl (C=O) groups excluding carboxylic acids is 1. The third-order valence-corrected chi connectivity index (χ3v) is 9.16. The second-order valence-corrected chi connectivity index (χ2v) is 14.0. The van der Waals surface area contributed by atoms with E-state index >= 15 is 0 Å². The molecule has 2 aromatic carbocycles. The number of benzene rings is 2. The minimum atomic E-state index is -0.683. The van der Waals surface area contributed by atoms with E-state index in [0.717, 1.165) is 77.3 Å². The molecule has 0 radical (unpaired) electrons. The van der Waals surface area contributed by atoms with E-state index in [1.54, 1.807) is 31.4 Å². The van der Waals surface area contributed by atoms with Gasteiger partial charge in [0, 0.05) is 41.4 Å². The highest BCUT2D eigenvalue weighted by Crippen LogP contribution is 2.35. The molecule has 1 N–H and O–H groups in total. The summed E-state index contributed by atoms with van der Waals surface area (Å²) in [5.41, 5.74) is 6.76. The lowest BCUT2D eigenvalue weighted by Gasteiger charge is -2.31. The van der Waals surface area contributed by atoms with Gasteiger partial charge in [0.1, 0.15) is 17.1 Å². The van der Waals surface area contributed by atoms with E-state index in [9.17, 15) is 4.79 Å². The third-order valence-electron chi connectivity index (χ3n) is 9.16. The maximum atomic E-state index is 12.2. The quantitative estimate of drug-likeness (QED) is 0.168. The fourth-order valence-electron chi connectivity index (χ4n) is 6.61. The number of likely N-dealkylation sites (tertiary alicyclic amines) is 1. The Morgan fingerprint density at radius 1 is 0.942 bits per heavy atom. The van der Waals surface area contributed by atoms with E-state index in [-0.39, 0.29) is 0 Å². The molecule has 52 heavy (non-hydrogen) atoms. The topological polar surface area (TPSA) is 139 Å². The van der Waals surface area contributed by atoms with Gasteiger partial charge in [0.2, 0.25) is 0 Å². The van der Waals surface area contributed by atoms with E-state index in [1.807, 2.05) is 48.7 Å². The normalized spacial score (nSPS) is 14.4. The summed E-state index contributed by atoms with van der Waals surface area (Å²) in [7, 11) is 0. The third kappa shape index (κ3) is 7.06. The number of pyridine rings is 3. The Morgan fingerprint density at radius 2 is 1.73 bits per heavy atom. The first-order chi connectivity index (χ1) is 25.3. The summed E-state index contributed by atoms with van der Waals surface area (Å²) in [4.78, 5) is 33.0. The van der Waals surface area contributed by atoms with Crippen LogP contribution in [-0.2, 0) is 11.3 Å². The summed E-state index contributed by atoms with van der Waals surface area (Å²) < 4.78 is 7.10. The average Bonchev–Trinajstić information content (AvgIpc) is 3.83. The van der Waals surface area contributed by atoms with Gasteiger partial charge >= 0.3 is 6.09 Å². The molecule has 0 saturated carbocycles. The Morgan fingerprint density at radius 3 is 2.48 bits per heavy atom. The van der Waals surface area contributed by atoms with E-state index < -0.39 is 11.7 Å². The van der Waals surface area contributed by atoms with Gasteiger partial charge in [0.05, 0.1) is 17.4 Å². The lowest BCUT2D eigenvalue weighted by molar-refractivity contribution is 0.0605. The molecule has 1 aliphatic heterocycles. The van der Waals surface area contributed by atoms with Gasteiger partial charge in [0.25, 0.3) is 0 Å². The molecule has 0 spiro atoms. The van der Waals surface area contributed by atoms with Gasteiger partial charge < -0.3 is 4.74 Å². The van der Waals surface area contributed by atoms with Crippen LogP contribution in [0.25, 0.3) is 50.5 Å². The molecule has 0 bridgehead atoms. The number of nitrogens with zero attached hydrogens (tertiary/aromatic N) is 9. The summed E-state index contributed by atoms with van der Waals surface area (Å²) in [5.74, 6) is 2.37. The molecule has 6 heterocycles. The van der Waals surface area contributed by atoms with Crippen molar-refractivity contribution in [3.05, 3.63) is 115 Å². The minimum Gasteiger partial charge on any atom is -0.442 e. The molecule has 0 unspecified atom stereocenters. The molecule has 1 aliphatic rings. The first-order valence-corrected chi connectivity index (χ1v) is 17.4. The summed E-state index contributed by atoms with van der Waals surface area (Å²) in [6.07, 6.45) is 6.35. The SMILES string of the molecule is CC(C)(C)OC(=O)/N=C/c1nnc2c3cc(-c4ccccc4)c(-c4ccc(CN5CCC(c6nc(-c7ccccn7)n[nH]6)CC5)cc4)nc3ccn12. The van der Waals surface area contributed by atoms with Gasteiger partial charge in [-0.15, -0.1) is 10.2 Å². The number of ether oxygens (including phenoxy) is 1. The molecular formula is C40H38N10O2. The number of hydrogen-bond donors (Lipinski definition) is 1. The molecule has 1 amide bonds. The van der Waals surface area contributed by atoms with E-state index in [4.69, 9.17) is 14.7 Å². The van der Waals surface area contributed by atoms with Gasteiger partial charge in [-0.05, 0) is 82.1 Å². The Kier molecular flexibility index (Phi) is 8.81. The van der Waals surface area contributed by atoms with Crippen molar-refractivity contribution >= 4 is 28.9 Å².